The van der Waals surface area contributed by atoms with Gasteiger partial charge in [-0.3, -0.25) is 9.89 Å². The Bertz CT molecular complexity index is 1110. The Morgan fingerprint density at radius 3 is 2.41 bits per heavy atom. The van der Waals surface area contributed by atoms with E-state index in [0.717, 1.165) is 22.5 Å². The van der Waals surface area contributed by atoms with E-state index >= 15 is 0 Å². The lowest BCUT2D eigenvalue weighted by Crippen LogP contribution is -2.13. The number of carbonyl (C=O) groups excluding carboxylic acids is 1. The highest BCUT2D eigenvalue weighted by molar-refractivity contribution is 5.76. The predicted octanol–water partition coefficient (Wildman–Crippen LogP) is 2.78. The van der Waals surface area contributed by atoms with Gasteiger partial charge in [-0.05, 0) is 23.3 Å². The first kappa shape index (κ1) is 18.1. The lowest BCUT2D eigenvalue weighted by atomic mass is 10.1. The van der Waals surface area contributed by atoms with Crippen LogP contribution in [0, 0.1) is 0 Å². The van der Waals surface area contributed by atoms with Crippen LogP contribution in [-0.2, 0) is 11.2 Å². The maximum atomic E-state index is 11.0. The summed E-state index contributed by atoms with van der Waals surface area (Å²) < 4.78 is 0. The van der Waals surface area contributed by atoms with E-state index in [4.69, 9.17) is 5.73 Å². The van der Waals surface area contributed by atoms with Crippen molar-refractivity contribution in [3.63, 3.8) is 0 Å². The number of anilines is 4. The summed E-state index contributed by atoms with van der Waals surface area (Å²) in [7, 11) is 0. The van der Waals surface area contributed by atoms with Crippen molar-refractivity contribution in [2.75, 3.05) is 10.6 Å². The summed E-state index contributed by atoms with van der Waals surface area (Å²) in [6, 6.07) is 19.1. The molecular formula is C20H18N8O. The average Bonchev–Trinajstić information content (AvgIpc) is 3.19. The van der Waals surface area contributed by atoms with E-state index in [1.54, 1.807) is 0 Å². The second-order valence-electron chi connectivity index (χ2n) is 6.26. The van der Waals surface area contributed by atoms with Gasteiger partial charge in [-0.2, -0.15) is 10.1 Å². The fraction of sp³-hybridized carbons (Fsp3) is 0.0500. The van der Waals surface area contributed by atoms with E-state index in [1.807, 2.05) is 60.7 Å². The van der Waals surface area contributed by atoms with E-state index < -0.39 is 0 Å². The molecule has 0 fully saturated rings. The predicted molar refractivity (Wildman–Crippen MR) is 110 cm³/mol. The number of hydrogen-bond acceptors (Lipinski definition) is 7. The Labute approximate surface area is 166 Å². The molecule has 2 aromatic carbocycles. The van der Waals surface area contributed by atoms with Crippen molar-refractivity contribution in [1.82, 2.24) is 25.1 Å². The molecule has 0 radical (unpaired) electrons. The zero-order chi connectivity index (χ0) is 20.1. The van der Waals surface area contributed by atoms with Gasteiger partial charge in [0.25, 0.3) is 0 Å². The standard InChI is InChI=1S/C20H18N8O/c21-17(29)10-13-6-8-15(9-7-13)24-19-22-12-23-20(26-19)25-18-11-16(27-28-18)14-4-2-1-3-5-14/h1-9,11-12H,10H2,(H2,21,29)(H3,22,23,24,25,26,27,28). The number of nitrogens with two attached hydrogens (primary N) is 1. The summed E-state index contributed by atoms with van der Waals surface area (Å²) in [5.41, 5.74) is 8.74. The molecule has 0 aliphatic rings. The molecule has 0 atom stereocenters. The first-order valence-corrected chi connectivity index (χ1v) is 8.87. The highest BCUT2D eigenvalue weighted by Crippen LogP contribution is 2.21. The highest BCUT2D eigenvalue weighted by Gasteiger charge is 2.07. The topological polar surface area (TPSA) is 134 Å². The van der Waals surface area contributed by atoms with Crippen LogP contribution in [0.1, 0.15) is 5.56 Å². The summed E-state index contributed by atoms with van der Waals surface area (Å²) in [6.07, 6.45) is 1.61. The van der Waals surface area contributed by atoms with Crippen molar-refractivity contribution in [1.29, 1.82) is 0 Å². The fourth-order valence-electron chi connectivity index (χ4n) is 2.72. The van der Waals surface area contributed by atoms with E-state index in [1.165, 1.54) is 6.33 Å². The Balaban J connectivity index is 1.44. The number of amides is 1. The van der Waals surface area contributed by atoms with E-state index in [-0.39, 0.29) is 12.3 Å². The first-order chi connectivity index (χ1) is 14.2. The fourth-order valence-corrected chi connectivity index (χ4v) is 2.72. The zero-order valence-corrected chi connectivity index (χ0v) is 15.3. The lowest BCUT2D eigenvalue weighted by molar-refractivity contribution is -0.117. The molecule has 0 saturated heterocycles. The van der Waals surface area contributed by atoms with Gasteiger partial charge in [0.15, 0.2) is 5.82 Å². The Morgan fingerprint density at radius 2 is 1.69 bits per heavy atom. The van der Waals surface area contributed by atoms with Gasteiger partial charge in [-0.25, -0.2) is 9.97 Å². The molecule has 9 heteroatoms. The third-order valence-corrected chi connectivity index (χ3v) is 4.06. The molecule has 5 N–H and O–H groups in total. The number of aromatic amines is 1. The molecule has 0 aliphatic carbocycles. The van der Waals surface area contributed by atoms with Gasteiger partial charge in [-0.15, -0.1) is 0 Å². The van der Waals surface area contributed by atoms with Crippen LogP contribution >= 0.6 is 0 Å². The number of carbonyl (C=O) groups is 1. The first-order valence-electron chi connectivity index (χ1n) is 8.87. The zero-order valence-electron chi connectivity index (χ0n) is 15.3. The van der Waals surface area contributed by atoms with Gasteiger partial charge in [-0.1, -0.05) is 42.5 Å². The summed E-state index contributed by atoms with van der Waals surface area (Å²) in [4.78, 5) is 23.6. The summed E-state index contributed by atoms with van der Waals surface area (Å²) >= 11 is 0. The van der Waals surface area contributed by atoms with Crippen LogP contribution in [0.2, 0.25) is 0 Å². The molecule has 2 aromatic heterocycles. The van der Waals surface area contributed by atoms with Gasteiger partial charge in [0.2, 0.25) is 17.8 Å². The normalized spacial score (nSPS) is 10.5. The molecule has 1 amide bonds. The number of rotatable bonds is 7. The maximum Gasteiger partial charge on any atom is 0.233 e. The quantitative estimate of drug-likeness (QED) is 0.383. The van der Waals surface area contributed by atoms with Crippen LogP contribution in [0.4, 0.5) is 23.4 Å². The molecule has 144 valence electrons. The van der Waals surface area contributed by atoms with Gasteiger partial charge in [0.1, 0.15) is 6.33 Å². The van der Waals surface area contributed by atoms with Gasteiger partial charge in [0, 0.05) is 11.8 Å². The maximum absolute atomic E-state index is 11.0. The van der Waals surface area contributed by atoms with E-state index in [9.17, 15) is 4.79 Å². The Hall–Kier alpha value is -4.27. The molecular weight excluding hydrogens is 368 g/mol. The molecule has 4 rings (SSSR count). The van der Waals surface area contributed by atoms with E-state index in [2.05, 4.69) is 35.8 Å². The van der Waals surface area contributed by atoms with Crippen LogP contribution in [0.15, 0.2) is 67.0 Å². The molecule has 2 heterocycles. The Kier molecular flexibility index (Phi) is 5.10. The number of H-pyrrole nitrogens is 1. The molecule has 0 aliphatic heterocycles. The average molecular weight is 386 g/mol. The number of nitrogens with zero attached hydrogens (tertiary/aromatic N) is 4. The number of hydrogen-bond donors (Lipinski definition) is 4. The summed E-state index contributed by atoms with van der Waals surface area (Å²) in [5, 5.41) is 13.4. The molecule has 0 bridgehead atoms. The number of primary amides is 1. The molecule has 0 unspecified atom stereocenters. The molecule has 0 saturated carbocycles. The lowest BCUT2D eigenvalue weighted by Gasteiger charge is -2.07. The number of benzene rings is 2. The number of aromatic nitrogens is 5. The van der Waals surface area contributed by atoms with E-state index in [0.29, 0.717) is 17.7 Å². The third kappa shape index (κ3) is 4.72. The summed E-state index contributed by atoms with van der Waals surface area (Å²) in [6.45, 7) is 0. The minimum atomic E-state index is -0.368. The smallest absolute Gasteiger partial charge is 0.233 e. The molecule has 4 aromatic rings. The third-order valence-electron chi connectivity index (χ3n) is 4.06. The van der Waals surface area contributed by atoms with Crippen LogP contribution < -0.4 is 16.4 Å². The molecule has 9 nitrogen and oxygen atoms in total. The van der Waals surface area contributed by atoms with Crippen LogP contribution in [-0.4, -0.2) is 31.1 Å². The number of nitrogens with one attached hydrogen (secondary N) is 3. The van der Waals surface area contributed by atoms with Crippen molar-refractivity contribution in [3.8, 4) is 11.3 Å². The molecule has 0 spiro atoms. The van der Waals surface area contributed by atoms with Crippen molar-refractivity contribution >= 4 is 29.3 Å². The Morgan fingerprint density at radius 1 is 0.966 bits per heavy atom. The van der Waals surface area contributed by atoms with Crippen LogP contribution in [0.3, 0.4) is 0 Å². The monoisotopic (exact) mass is 386 g/mol. The minimum absolute atomic E-state index is 0.203. The minimum Gasteiger partial charge on any atom is -0.369 e. The second kappa shape index (κ2) is 8.17. The van der Waals surface area contributed by atoms with Crippen LogP contribution in [0.25, 0.3) is 11.3 Å². The van der Waals surface area contributed by atoms with Gasteiger partial charge in [0.05, 0.1) is 12.1 Å². The van der Waals surface area contributed by atoms with Crippen molar-refractivity contribution in [3.05, 3.63) is 72.6 Å². The second-order valence-corrected chi connectivity index (χ2v) is 6.26. The summed E-state index contributed by atoms with van der Waals surface area (Å²) in [5.74, 6) is 0.965. The highest BCUT2D eigenvalue weighted by atomic mass is 16.1. The van der Waals surface area contributed by atoms with Crippen LogP contribution in [0.5, 0.6) is 0 Å². The molecule has 29 heavy (non-hydrogen) atoms. The van der Waals surface area contributed by atoms with Crippen molar-refractivity contribution < 1.29 is 4.79 Å². The largest absolute Gasteiger partial charge is 0.369 e. The van der Waals surface area contributed by atoms with Crippen molar-refractivity contribution in [2.24, 2.45) is 5.73 Å². The SMILES string of the molecule is NC(=O)Cc1ccc(Nc2ncnc(Nc3cc(-c4ccccc4)[nH]n3)n2)cc1. The van der Waals surface area contributed by atoms with Gasteiger partial charge < -0.3 is 16.4 Å². The van der Waals surface area contributed by atoms with Gasteiger partial charge >= 0.3 is 0 Å². The van der Waals surface area contributed by atoms with Crippen molar-refractivity contribution in [2.45, 2.75) is 6.42 Å².